The Labute approximate surface area is 145 Å². The maximum atomic E-state index is 12.3. The van der Waals surface area contributed by atoms with E-state index < -0.39 is 0 Å². The van der Waals surface area contributed by atoms with Gasteiger partial charge in [-0.2, -0.15) is 0 Å². The number of fused-ring (bicyclic) bond motifs is 1. The Morgan fingerprint density at radius 3 is 2.92 bits per heavy atom. The molecule has 0 radical (unpaired) electrons. The number of nitrogens with one attached hydrogen (secondary N) is 1. The van der Waals surface area contributed by atoms with Crippen molar-refractivity contribution in [2.24, 2.45) is 0 Å². The van der Waals surface area contributed by atoms with E-state index >= 15 is 0 Å². The van der Waals surface area contributed by atoms with Gasteiger partial charge in [0.05, 0.1) is 11.8 Å². The minimum atomic E-state index is -0.131. The molecule has 2 aliphatic rings. The van der Waals surface area contributed by atoms with Gasteiger partial charge in [-0.15, -0.1) is 11.3 Å². The van der Waals surface area contributed by atoms with Crippen molar-refractivity contribution in [1.82, 2.24) is 4.98 Å². The molecule has 2 heterocycles. The first-order valence-corrected chi connectivity index (χ1v) is 9.24. The minimum absolute atomic E-state index is 0.131. The number of nitrogens with zero attached hydrogens (tertiary/aromatic N) is 1. The second-order valence-corrected chi connectivity index (χ2v) is 7.25. The number of hydrogen-bond acceptors (Lipinski definition) is 5. The molecule has 24 heavy (non-hydrogen) atoms. The lowest BCUT2D eigenvalue weighted by molar-refractivity contribution is 0.0679. The quantitative estimate of drug-likeness (QED) is 0.902. The molecule has 1 aromatic heterocycles. The van der Waals surface area contributed by atoms with Crippen LogP contribution in [0.2, 0.25) is 0 Å². The van der Waals surface area contributed by atoms with Gasteiger partial charge in [-0.05, 0) is 56.4 Å². The predicted octanol–water partition coefficient (Wildman–Crippen LogP) is 3.44. The molecular weight excluding hydrogens is 324 g/mol. The molecule has 0 saturated carbocycles. The van der Waals surface area contributed by atoms with Crippen molar-refractivity contribution in [3.63, 3.8) is 0 Å². The Morgan fingerprint density at radius 1 is 1.29 bits per heavy atom. The SMILES string of the molecule is O=C(Nc1nc2c(s1)CCC2)c1ccc(OCC2CCCO2)cc1. The van der Waals surface area contributed by atoms with Crippen molar-refractivity contribution in [3.05, 3.63) is 40.4 Å². The number of amides is 1. The first-order chi connectivity index (χ1) is 11.8. The molecule has 1 aliphatic carbocycles. The fourth-order valence-electron chi connectivity index (χ4n) is 3.08. The third-order valence-electron chi connectivity index (χ3n) is 4.39. The highest BCUT2D eigenvalue weighted by Crippen LogP contribution is 2.30. The van der Waals surface area contributed by atoms with Gasteiger partial charge in [-0.25, -0.2) is 4.98 Å². The number of thiazole rings is 1. The molecule has 1 fully saturated rings. The molecule has 0 bridgehead atoms. The molecule has 5 nitrogen and oxygen atoms in total. The summed E-state index contributed by atoms with van der Waals surface area (Å²) in [6.45, 7) is 1.39. The van der Waals surface area contributed by atoms with Gasteiger partial charge in [0.25, 0.3) is 5.91 Å². The molecule has 1 atom stereocenters. The Kier molecular flexibility index (Phi) is 4.49. The third-order valence-corrected chi connectivity index (χ3v) is 5.47. The minimum Gasteiger partial charge on any atom is -0.491 e. The Morgan fingerprint density at radius 2 is 2.17 bits per heavy atom. The monoisotopic (exact) mass is 344 g/mol. The highest BCUT2D eigenvalue weighted by atomic mass is 32.1. The van der Waals surface area contributed by atoms with E-state index in [-0.39, 0.29) is 12.0 Å². The second kappa shape index (κ2) is 6.91. The molecule has 1 aliphatic heterocycles. The highest BCUT2D eigenvalue weighted by Gasteiger charge is 2.18. The van der Waals surface area contributed by atoms with E-state index in [0.717, 1.165) is 43.7 Å². The van der Waals surface area contributed by atoms with Gasteiger partial charge in [0.2, 0.25) is 0 Å². The lowest BCUT2D eigenvalue weighted by Crippen LogP contribution is -2.16. The number of benzene rings is 1. The van der Waals surface area contributed by atoms with E-state index in [4.69, 9.17) is 9.47 Å². The van der Waals surface area contributed by atoms with E-state index in [1.807, 2.05) is 12.1 Å². The highest BCUT2D eigenvalue weighted by molar-refractivity contribution is 7.15. The zero-order chi connectivity index (χ0) is 16.4. The normalized spacial score (nSPS) is 19.2. The molecule has 1 amide bonds. The first-order valence-electron chi connectivity index (χ1n) is 8.42. The fourth-order valence-corrected chi connectivity index (χ4v) is 4.13. The summed E-state index contributed by atoms with van der Waals surface area (Å²) in [5, 5.41) is 3.59. The van der Waals surface area contributed by atoms with Crippen LogP contribution in [-0.2, 0) is 17.6 Å². The zero-order valence-corrected chi connectivity index (χ0v) is 14.2. The van der Waals surface area contributed by atoms with Gasteiger partial charge >= 0.3 is 0 Å². The number of hydrogen-bond donors (Lipinski definition) is 1. The van der Waals surface area contributed by atoms with E-state index in [9.17, 15) is 4.79 Å². The van der Waals surface area contributed by atoms with Crippen molar-refractivity contribution in [2.75, 3.05) is 18.5 Å². The summed E-state index contributed by atoms with van der Waals surface area (Å²) < 4.78 is 11.3. The second-order valence-electron chi connectivity index (χ2n) is 6.17. The van der Waals surface area contributed by atoms with Gasteiger partial charge < -0.3 is 9.47 Å². The fraction of sp³-hybridized carbons (Fsp3) is 0.444. The summed E-state index contributed by atoms with van der Waals surface area (Å²) in [5.41, 5.74) is 1.75. The van der Waals surface area contributed by atoms with Crippen molar-refractivity contribution in [2.45, 2.75) is 38.2 Å². The van der Waals surface area contributed by atoms with Crippen LogP contribution in [0.1, 0.15) is 40.2 Å². The van der Waals surface area contributed by atoms with Crippen LogP contribution in [0.5, 0.6) is 5.75 Å². The van der Waals surface area contributed by atoms with Gasteiger partial charge in [-0.1, -0.05) is 0 Å². The van der Waals surface area contributed by atoms with Crippen molar-refractivity contribution < 1.29 is 14.3 Å². The molecule has 1 N–H and O–H groups in total. The zero-order valence-electron chi connectivity index (χ0n) is 13.4. The molecule has 2 aromatic rings. The van der Waals surface area contributed by atoms with E-state index in [2.05, 4.69) is 10.3 Å². The standard InChI is InChI=1S/C18H20N2O3S/c21-17(20-18-19-15-4-1-5-16(15)24-18)12-6-8-13(9-7-12)23-11-14-3-2-10-22-14/h6-9,14H,1-5,10-11H2,(H,19,20,21). The molecule has 1 saturated heterocycles. The Balaban J connectivity index is 1.34. The van der Waals surface area contributed by atoms with E-state index in [1.54, 1.807) is 23.5 Å². The molecule has 4 rings (SSSR count). The molecule has 1 aromatic carbocycles. The molecular formula is C18H20N2O3S. The first kappa shape index (κ1) is 15.6. The van der Waals surface area contributed by atoms with Crippen LogP contribution < -0.4 is 10.1 Å². The number of carbonyl (C=O) groups is 1. The summed E-state index contributed by atoms with van der Waals surface area (Å²) >= 11 is 1.59. The van der Waals surface area contributed by atoms with Crippen LogP contribution >= 0.6 is 11.3 Å². The number of anilines is 1. The molecule has 1 unspecified atom stereocenters. The maximum absolute atomic E-state index is 12.3. The molecule has 6 heteroatoms. The largest absolute Gasteiger partial charge is 0.491 e. The van der Waals surface area contributed by atoms with E-state index in [0.29, 0.717) is 17.3 Å². The predicted molar refractivity (Wildman–Crippen MR) is 93.0 cm³/mol. The van der Waals surface area contributed by atoms with Crippen LogP contribution in [-0.4, -0.2) is 30.2 Å². The third kappa shape index (κ3) is 3.44. The van der Waals surface area contributed by atoms with Crippen molar-refractivity contribution >= 4 is 22.4 Å². The summed E-state index contributed by atoms with van der Waals surface area (Å²) in [4.78, 5) is 18.1. The Hall–Kier alpha value is -1.92. The van der Waals surface area contributed by atoms with Crippen LogP contribution in [0.25, 0.3) is 0 Å². The number of aryl methyl sites for hydroxylation is 2. The van der Waals surface area contributed by atoms with E-state index in [1.165, 1.54) is 11.3 Å². The number of ether oxygens (including phenoxy) is 2. The number of carbonyl (C=O) groups excluding carboxylic acids is 1. The van der Waals surface area contributed by atoms with Crippen LogP contribution in [0.4, 0.5) is 5.13 Å². The lowest BCUT2D eigenvalue weighted by atomic mass is 10.2. The lowest BCUT2D eigenvalue weighted by Gasteiger charge is -2.11. The van der Waals surface area contributed by atoms with Crippen molar-refractivity contribution in [3.8, 4) is 5.75 Å². The summed E-state index contributed by atoms with van der Waals surface area (Å²) in [7, 11) is 0. The smallest absolute Gasteiger partial charge is 0.257 e. The maximum Gasteiger partial charge on any atom is 0.257 e. The van der Waals surface area contributed by atoms with Gasteiger partial charge in [0.1, 0.15) is 12.4 Å². The van der Waals surface area contributed by atoms with Crippen LogP contribution in [0.3, 0.4) is 0 Å². The van der Waals surface area contributed by atoms with Crippen LogP contribution in [0, 0.1) is 0 Å². The molecule has 0 spiro atoms. The number of aromatic nitrogens is 1. The summed E-state index contributed by atoms with van der Waals surface area (Å²) in [6, 6.07) is 7.21. The average Bonchev–Trinajstić information content (AvgIpc) is 3.30. The van der Waals surface area contributed by atoms with Gasteiger partial charge in [-0.3, -0.25) is 10.1 Å². The molecule has 126 valence electrons. The topological polar surface area (TPSA) is 60.5 Å². The summed E-state index contributed by atoms with van der Waals surface area (Å²) in [5.74, 6) is 0.628. The summed E-state index contributed by atoms with van der Waals surface area (Å²) in [6.07, 6.45) is 5.64. The van der Waals surface area contributed by atoms with Crippen LogP contribution in [0.15, 0.2) is 24.3 Å². The van der Waals surface area contributed by atoms with Gasteiger partial charge in [0, 0.05) is 17.0 Å². The van der Waals surface area contributed by atoms with Gasteiger partial charge in [0.15, 0.2) is 5.13 Å². The number of rotatable bonds is 5. The Bertz CT molecular complexity index is 699. The average molecular weight is 344 g/mol. The van der Waals surface area contributed by atoms with Crippen molar-refractivity contribution in [1.29, 1.82) is 0 Å².